The highest BCUT2D eigenvalue weighted by molar-refractivity contribution is 7.80. The summed E-state index contributed by atoms with van der Waals surface area (Å²) in [6.45, 7) is 5.19. The first-order chi connectivity index (χ1) is 15.8. The molecule has 8 heteroatoms. The highest BCUT2D eigenvalue weighted by Gasteiger charge is 2.34. The lowest BCUT2D eigenvalue weighted by Gasteiger charge is -2.28. The molecule has 7 nitrogen and oxygen atoms in total. The van der Waals surface area contributed by atoms with Crippen LogP contribution < -0.4 is 15.0 Å². The number of nitrogens with zero attached hydrogens (tertiary/aromatic N) is 2. The molecule has 2 amide bonds. The van der Waals surface area contributed by atoms with Gasteiger partial charge in [-0.2, -0.15) is 0 Å². The fourth-order valence-electron chi connectivity index (χ4n) is 3.78. The molecule has 1 aliphatic rings. The smallest absolute Gasteiger partial charge is 0.308 e. The molecule has 1 saturated heterocycles. The summed E-state index contributed by atoms with van der Waals surface area (Å²) >= 11 is 5.24. The van der Waals surface area contributed by atoms with Crippen LogP contribution in [-0.4, -0.2) is 27.5 Å². The first-order valence-electron chi connectivity index (χ1n) is 10.2. The topological polar surface area (TPSA) is 80.6 Å². The second-order valence-electron chi connectivity index (χ2n) is 7.54. The summed E-state index contributed by atoms with van der Waals surface area (Å²) in [7, 11) is 0. The molecule has 0 unspecified atom stereocenters. The number of nitrogens with one attached hydrogen (secondary N) is 1. The van der Waals surface area contributed by atoms with Crippen LogP contribution >= 0.6 is 12.2 Å². The number of esters is 1. The lowest BCUT2D eigenvalue weighted by molar-refractivity contribution is -0.132. The molecule has 3 aromatic rings. The number of carbonyl (C=O) groups excluding carboxylic acids is 3. The molecule has 0 atom stereocenters. The van der Waals surface area contributed by atoms with Gasteiger partial charge < -0.3 is 9.30 Å². The first-order valence-corrected chi connectivity index (χ1v) is 10.6. The number of aromatic nitrogens is 1. The van der Waals surface area contributed by atoms with Crippen LogP contribution in [0.2, 0.25) is 0 Å². The highest BCUT2D eigenvalue weighted by Crippen LogP contribution is 2.27. The van der Waals surface area contributed by atoms with Crippen molar-refractivity contribution in [3.05, 3.63) is 83.2 Å². The summed E-state index contributed by atoms with van der Waals surface area (Å²) in [6, 6.07) is 17.9. The van der Waals surface area contributed by atoms with Crippen LogP contribution in [0.25, 0.3) is 11.8 Å². The Hall–Kier alpha value is -4.04. The number of aryl methyl sites for hydroxylation is 1. The van der Waals surface area contributed by atoms with Gasteiger partial charge in [0.1, 0.15) is 11.3 Å². The molecule has 166 valence electrons. The van der Waals surface area contributed by atoms with Gasteiger partial charge in [0.25, 0.3) is 11.8 Å². The SMILES string of the molecule is CC(=O)Oc1ccc(-n2c(C)cc(C=C3C(=O)NC(=S)N(c4ccccc4)C3=O)c2C)cc1. The molecular formula is C25H21N3O4S. The largest absolute Gasteiger partial charge is 0.427 e. The van der Waals surface area contributed by atoms with Crippen molar-refractivity contribution < 1.29 is 19.1 Å². The van der Waals surface area contributed by atoms with Crippen molar-refractivity contribution in [3.8, 4) is 11.4 Å². The van der Waals surface area contributed by atoms with E-state index in [1.165, 1.54) is 11.8 Å². The minimum atomic E-state index is -0.535. The van der Waals surface area contributed by atoms with Gasteiger partial charge in [-0.05, 0) is 80.2 Å². The van der Waals surface area contributed by atoms with E-state index in [2.05, 4.69) is 5.32 Å². The molecule has 0 aliphatic carbocycles. The number of rotatable bonds is 4. The molecule has 0 saturated carbocycles. The average Bonchev–Trinajstić information content (AvgIpc) is 3.05. The van der Waals surface area contributed by atoms with Gasteiger partial charge in [-0.15, -0.1) is 0 Å². The number of ether oxygens (including phenoxy) is 1. The zero-order chi connectivity index (χ0) is 23.7. The minimum absolute atomic E-state index is 0.00194. The van der Waals surface area contributed by atoms with Gasteiger partial charge in [0.05, 0.1) is 5.69 Å². The van der Waals surface area contributed by atoms with Crippen molar-refractivity contribution in [1.29, 1.82) is 0 Å². The molecular weight excluding hydrogens is 438 g/mol. The Morgan fingerprint density at radius 1 is 1.00 bits per heavy atom. The molecule has 0 radical (unpaired) electrons. The average molecular weight is 460 g/mol. The monoisotopic (exact) mass is 459 g/mol. The molecule has 0 spiro atoms. The maximum atomic E-state index is 13.2. The zero-order valence-electron chi connectivity index (χ0n) is 18.3. The molecule has 33 heavy (non-hydrogen) atoms. The van der Waals surface area contributed by atoms with E-state index in [0.717, 1.165) is 22.6 Å². The maximum absolute atomic E-state index is 13.2. The van der Waals surface area contributed by atoms with Gasteiger partial charge in [0.15, 0.2) is 5.11 Å². The lowest BCUT2D eigenvalue weighted by atomic mass is 10.1. The van der Waals surface area contributed by atoms with E-state index in [1.54, 1.807) is 42.5 Å². The summed E-state index contributed by atoms with van der Waals surface area (Å²) < 4.78 is 7.09. The van der Waals surface area contributed by atoms with Crippen molar-refractivity contribution in [2.24, 2.45) is 0 Å². The van der Waals surface area contributed by atoms with Gasteiger partial charge in [-0.3, -0.25) is 24.6 Å². The molecule has 1 aromatic heterocycles. The number of hydrogen-bond acceptors (Lipinski definition) is 5. The molecule has 1 aliphatic heterocycles. The predicted octanol–water partition coefficient (Wildman–Crippen LogP) is 3.85. The number of thiocarbonyl (C=S) groups is 1. The lowest BCUT2D eigenvalue weighted by Crippen LogP contribution is -2.54. The highest BCUT2D eigenvalue weighted by atomic mass is 32.1. The van der Waals surface area contributed by atoms with E-state index < -0.39 is 11.8 Å². The Kier molecular flexibility index (Phi) is 5.93. The maximum Gasteiger partial charge on any atom is 0.308 e. The summed E-state index contributed by atoms with van der Waals surface area (Å²) in [5.41, 5.74) is 3.93. The normalized spacial score (nSPS) is 15.1. The fourth-order valence-corrected chi connectivity index (χ4v) is 4.07. The molecule has 0 bridgehead atoms. The number of hydrogen-bond donors (Lipinski definition) is 1. The number of anilines is 1. The Labute approximate surface area is 196 Å². The number of amides is 2. The van der Waals surface area contributed by atoms with E-state index in [9.17, 15) is 14.4 Å². The third-order valence-electron chi connectivity index (χ3n) is 5.24. The number of carbonyl (C=O) groups is 3. The first kappa shape index (κ1) is 22.2. The summed E-state index contributed by atoms with van der Waals surface area (Å²) in [5.74, 6) is -0.944. The number of benzene rings is 2. The van der Waals surface area contributed by atoms with Crippen molar-refractivity contribution in [1.82, 2.24) is 9.88 Å². The summed E-state index contributed by atoms with van der Waals surface area (Å²) in [4.78, 5) is 38.3. The molecule has 1 N–H and O–H groups in total. The van der Waals surface area contributed by atoms with E-state index in [-0.39, 0.29) is 16.7 Å². The predicted molar refractivity (Wildman–Crippen MR) is 129 cm³/mol. The quantitative estimate of drug-likeness (QED) is 0.211. The third kappa shape index (κ3) is 4.33. The fraction of sp³-hybridized carbons (Fsp3) is 0.120. The molecule has 1 fully saturated rings. The summed E-state index contributed by atoms with van der Waals surface area (Å²) in [6.07, 6.45) is 1.58. The van der Waals surface area contributed by atoms with Crippen molar-refractivity contribution in [2.75, 3.05) is 4.90 Å². The Morgan fingerprint density at radius 3 is 2.30 bits per heavy atom. The van der Waals surface area contributed by atoms with Gasteiger partial charge in [-0.25, -0.2) is 0 Å². The van der Waals surface area contributed by atoms with Crippen LogP contribution in [0.15, 0.2) is 66.2 Å². The van der Waals surface area contributed by atoms with Gasteiger partial charge in [-0.1, -0.05) is 18.2 Å². The van der Waals surface area contributed by atoms with Crippen LogP contribution in [0.1, 0.15) is 23.9 Å². The van der Waals surface area contributed by atoms with Crippen molar-refractivity contribution in [3.63, 3.8) is 0 Å². The van der Waals surface area contributed by atoms with Crippen LogP contribution in [0.3, 0.4) is 0 Å². The van der Waals surface area contributed by atoms with E-state index in [4.69, 9.17) is 17.0 Å². The van der Waals surface area contributed by atoms with Gasteiger partial charge in [0, 0.05) is 24.0 Å². The molecule has 2 aromatic carbocycles. The van der Waals surface area contributed by atoms with Crippen molar-refractivity contribution in [2.45, 2.75) is 20.8 Å². The Bertz CT molecular complexity index is 1310. The van der Waals surface area contributed by atoms with Gasteiger partial charge >= 0.3 is 5.97 Å². The molecule has 4 rings (SSSR count). The van der Waals surface area contributed by atoms with Crippen LogP contribution in [0.5, 0.6) is 5.75 Å². The van der Waals surface area contributed by atoms with Crippen molar-refractivity contribution >= 4 is 46.9 Å². The van der Waals surface area contributed by atoms with E-state index in [0.29, 0.717) is 11.4 Å². The summed E-state index contributed by atoms with van der Waals surface area (Å²) in [5, 5.41) is 2.65. The zero-order valence-corrected chi connectivity index (χ0v) is 19.1. The second-order valence-corrected chi connectivity index (χ2v) is 7.93. The van der Waals surface area contributed by atoms with E-state index >= 15 is 0 Å². The Balaban J connectivity index is 1.70. The molecule has 2 heterocycles. The van der Waals surface area contributed by atoms with Gasteiger partial charge in [0.2, 0.25) is 0 Å². The third-order valence-corrected chi connectivity index (χ3v) is 5.53. The standard InChI is InChI=1S/C25H21N3O4S/c1-15-13-18(16(2)27(15)20-9-11-21(12-10-20)32-17(3)29)14-22-23(30)26-25(33)28(24(22)31)19-7-5-4-6-8-19/h4-14H,1-3H3,(H,26,30,33). The van der Waals surface area contributed by atoms with Crippen LogP contribution in [-0.2, 0) is 14.4 Å². The number of para-hydroxylation sites is 1. The minimum Gasteiger partial charge on any atom is -0.427 e. The van der Waals surface area contributed by atoms with Crippen LogP contribution in [0.4, 0.5) is 5.69 Å². The van der Waals surface area contributed by atoms with E-state index in [1.807, 2.05) is 42.7 Å². The second kappa shape index (κ2) is 8.84. The Morgan fingerprint density at radius 2 is 1.67 bits per heavy atom. The van der Waals surface area contributed by atoms with Crippen LogP contribution in [0, 0.1) is 13.8 Å².